The van der Waals surface area contributed by atoms with Gasteiger partial charge in [0.2, 0.25) is 0 Å². The molecule has 1 aliphatic carbocycles. The first-order valence-electron chi connectivity index (χ1n) is 9.35. The lowest BCUT2D eigenvalue weighted by Crippen LogP contribution is -2.36. The Morgan fingerprint density at radius 3 is 2.62 bits per heavy atom. The predicted octanol–water partition coefficient (Wildman–Crippen LogP) is 3.24. The standard InChI is InChI=1S/C20H30N2O4/c1-12-17(14(3)23)13(2)22-18(12)20(25)26-15(4)19(24)21-11-10-16-8-6-5-7-9-16/h8,14-15,22-23H,5-7,9-11H2,1-4H3,(H,21,24)/t14-,15-/m1/s1. The van der Waals surface area contributed by atoms with Gasteiger partial charge in [-0.3, -0.25) is 4.79 Å². The van der Waals surface area contributed by atoms with E-state index in [0.29, 0.717) is 17.7 Å². The number of aryl methyl sites for hydroxylation is 1. The van der Waals surface area contributed by atoms with E-state index in [1.807, 2.05) is 0 Å². The molecular weight excluding hydrogens is 332 g/mol. The molecule has 26 heavy (non-hydrogen) atoms. The number of H-pyrrole nitrogens is 1. The van der Waals surface area contributed by atoms with Gasteiger partial charge in [-0.1, -0.05) is 11.6 Å². The van der Waals surface area contributed by atoms with Crippen LogP contribution < -0.4 is 5.32 Å². The molecule has 3 N–H and O–H groups in total. The Morgan fingerprint density at radius 1 is 1.31 bits per heavy atom. The highest BCUT2D eigenvalue weighted by Crippen LogP contribution is 2.25. The summed E-state index contributed by atoms with van der Waals surface area (Å²) in [4.78, 5) is 27.5. The van der Waals surface area contributed by atoms with Crippen LogP contribution in [0.1, 0.15) is 79.4 Å². The molecule has 1 aliphatic rings. The van der Waals surface area contributed by atoms with Crippen LogP contribution >= 0.6 is 0 Å². The number of ether oxygens (including phenoxy) is 1. The Bertz CT molecular complexity index is 688. The van der Waals surface area contributed by atoms with Gasteiger partial charge in [0, 0.05) is 17.8 Å². The largest absolute Gasteiger partial charge is 0.448 e. The van der Waals surface area contributed by atoms with Gasteiger partial charge in [-0.15, -0.1) is 0 Å². The van der Waals surface area contributed by atoms with E-state index in [1.165, 1.54) is 18.4 Å². The van der Waals surface area contributed by atoms with Crippen molar-refractivity contribution in [3.05, 3.63) is 34.2 Å². The summed E-state index contributed by atoms with van der Waals surface area (Å²) in [5, 5.41) is 12.6. The zero-order valence-electron chi connectivity index (χ0n) is 16.1. The molecule has 0 bridgehead atoms. The number of hydrogen-bond donors (Lipinski definition) is 3. The zero-order chi connectivity index (χ0) is 19.3. The topological polar surface area (TPSA) is 91.4 Å². The van der Waals surface area contributed by atoms with Gasteiger partial charge in [0.25, 0.3) is 5.91 Å². The molecule has 1 heterocycles. The van der Waals surface area contributed by atoms with E-state index in [2.05, 4.69) is 16.4 Å². The van der Waals surface area contributed by atoms with Crippen LogP contribution in [-0.4, -0.2) is 34.6 Å². The summed E-state index contributed by atoms with van der Waals surface area (Å²) in [6.07, 6.45) is 6.25. The number of aliphatic hydroxyl groups is 1. The molecule has 0 saturated heterocycles. The van der Waals surface area contributed by atoms with E-state index in [0.717, 1.165) is 25.0 Å². The SMILES string of the molecule is Cc1[nH]c(C(=O)O[C@H](C)C(=O)NCCC2=CCCCC2)c(C)c1[C@@H](C)O. The summed E-state index contributed by atoms with van der Waals surface area (Å²) in [5.41, 5.74) is 3.74. The second-order valence-corrected chi connectivity index (χ2v) is 7.04. The van der Waals surface area contributed by atoms with E-state index >= 15 is 0 Å². The minimum absolute atomic E-state index is 0.283. The van der Waals surface area contributed by atoms with E-state index in [4.69, 9.17) is 4.74 Å². The monoisotopic (exact) mass is 362 g/mol. The van der Waals surface area contributed by atoms with E-state index in [1.54, 1.807) is 27.7 Å². The normalized spacial score (nSPS) is 16.6. The van der Waals surface area contributed by atoms with Crippen molar-refractivity contribution in [1.82, 2.24) is 10.3 Å². The van der Waals surface area contributed by atoms with Gasteiger partial charge in [-0.25, -0.2) is 4.79 Å². The number of esters is 1. The van der Waals surface area contributed by atoms with Crippen LogP contribution in [0.5, 0.6) is 0 Å². The summed E-state index contributed by atoms with van der Waals surface area (Å²) in [6.45, 7) is 7.32. The van der Waals surface area contributed by atoms with Crippen LogP contribution in [-0.2, 0) is 9.53 Å². The number of aromatic nitrogens is 1. The van der Waals surface area contributed by atoms with Crippen LogP contribution in [0.15, 0.2) is 11.6 Å². The fourth-order valence-corrected chi connectivity index (χ4v) is 3.49. The summed E-state index contributed by atoms with van der Waals surface area (Å²) in [7, 11) is 0. The van der Waals surface area contributed by atoms with Crippen molar-refractivity contribution in [3.8, 4) is 0 Å². The lowest BCUT2D eigenvalue weighted by Gasteiger charge is -2.15. The van der Waals surface area contributed by atoms with Crippen molar-refractivity contribution < 1.29 is 19.4 Å². The Morgan fingerprint density at radius 2 is 2.04 bits per heavy atom. The lowest BCUT2D eigenvalue weighted by molar-refractivity contribution is -0.129. The van der Waals surface area contributed by atoms with Gasteiger partial charge in [0.1, 0.15) is 5.69 Å². The van der Waals surface area contributed by atoms with Crippen molar-refractivity contribution in [2.24, 2.45) is 0 Å². The van der Waals surface area contributed by atoms with E-state index in [9.17, 15) is 14.7 Å². The average Bonchev–Trinajstić information content (AvgIpc) is 2.90. The minimum atomic E-state index is -0.874. The minimum Gasteiger partial charge on any atom is -0.448 e. The molecule has 1 amide bonds. The van der Waals surface area contributed by atoms with Gasteiger partial charge < -0.3 is 20.1 Å². The molecule has 144 valence electrons. The van der Waals surface area contributed by atoms with Crippen LogP contribution in [0.3, 0.4) is 0 Å². The van der Waals surface area contributed by atoms with Crippen LogP contribution in [0.25, 0.3) is 0 Å². The van der Waals surface area contributed by atoms with E-state index in [-0.39, 0.29) is 11.6 Å². The van der Waals surface area contributed by atoms with E-state index < -0.39 is 18.2 Å². The number of carbonyl (C=O) groups excluding carboxylic acids is 2. The van der Waals surface area contributed by atoms with Crippen LogP contribution in [0.2, 0.25) is 0 Å². The third-order valence-corrected chi connectivity index (χ3v) is 4.90. The molecular formula is C20H30N2O4. The van der Waals surface area contributed by atoms with Crippen LogP contribution in [0.4, 0.5) is 0 Å². The maximum atomic E-state index is 12.4. The maximum Gasteiger partial charge on any atom is 0.355 e. The number of nitrogens with one attached hydrogen (secondary N) is 2. The highest BCUT2D eigenvalue weighted by molar-refractivity contribution is 5.92. The number of amides is 1. The molecule has 0 aliphatic heterocycles. The van der Waals surface area contributed by atoms with Gasteiger partial charge >= 0.3 is 5.97 Å². The number of hydrogen-bond acceptors (Lipinski definition) is 4. The molecule has 0 saturated carbocycles. The third-order valence-electron chi connectivity index (χ3n) is 4.90. The molecule has 2 atom stereocenters. The number of aliphatic hydroxyl groups excluding tert-OH is 1. The Balaban J connectivity index is 1.87. The smallest absolute Gasteiger partial charge is 0.355 e. The molecule has 0 spiro atoms. The van der Waals surface area contributed by atoms with Gasteiger partial charge in [-0.05, 0) is 65.4 Å². The van der Waals surface area contributed by atoms with Crippen molar-refractivity contribution in [3.63, 3.8) is 0 Å². The number of aromatic amines is 1. The number of rotatable bonds is 7. The summed E-state index contributed by atoms with van der Waals surface area (Å²) in [5.74, 6) is -0.887. The fraction of sp³-hybridized carbons (Fsp3) is 0.600. The highest BCUT2D eigenvalue weighted by atomic mass is 16.5. The first-order chi connectivity index (χ1) is 12.3. The molecule has 0 radical (unpaired) electrons. The molecule has 6 nitrogen and oxygen atoms in total. The molecule has 0 fully saturated rings. The highest BCUT2D eigenvalue weighted by Gasteiger charge is 2.24. The maximum absolute atomic E-state index is 12.4. The third kappa shape index (κ3) is 4.97. The quantitative estimate of drug-likeness (QED) is 0.513. The summed E-state index contributed by atoms with van der Waals surface area (Å²) < 4.78 is 5.29. The van der Waals surface area contributed by atoms with Crippen LogP contribution in [0, 0.1) is 13.8 Å². The molecule has 2 rings (SSSR count). The second-order valence-electron chi connectivity index (χ2n) is 7.04. The van der Waals surface area contributed by atoms with Gasteiger partial charge in [0.05, 0.1) is 6.10 Å². The zero-order valence-corrected chi connectivity index (χ0v) is 16.1. The fourth-order valence-electron chi connectivity index (χ4n) is 3.49. The molecule has 0 unspecified atom stereocenters. The Hall–Kier alpha value is -2.08. The molecule has 1 aromatic heterocycles. The predicted molar refractivity (Wildman–Crippen MR) is 100.0 cm³/mol. The first kappa shape index (κ1) is 20.2. The molecule has 6 heteroatoms. The second kappa shape index (κ2) is 9.03. The average molecular weight is 362 g/mol. The van der Waals surface area contributed by atoms with Gasteiger partial charge in [-0.2, -0.15) is 0 Å². The van der Waals surface area contributed by atoms with Gasteiger partial charge in [0.15, 0.2) is 6.10 Å². The molecule has 0 aromatic carbocycles. The first-order valence-corrected chi connectivity index (χ1v) is 9.35. The van der Waals surface area contributed by atoms with Crippen molar-refractivity contribution >= 4 is 11.9 Å². The molecule has 1 aromatic rings. The van der Waals surface area contributed by atoms with Crippen molar-refractivity contribution in [2.75, 3.05) is 6.54 Å². The summed E-state index contributed by atoms with van der Waals surface area (Å²) in [6, 6.07) is 0. The number of carbonyl (C=O) groups is 2. The van der Waals surface area contributed by atoms with Crippen molar-refractivity contribution in [2.45, 2.75) is 72.0 Å². The number of allylic oxidation sites excluding steroid dienone is 1. The summed E-state index contributed by atoms with van der Waals surface area (Å²) >= 11 is 0. The lowest BCUT2D eigenvalue weighted by atomic mass is 9.97. The Labute approximate surface area is 155 Å². The Kier molecular flexibility index (Phi) is 7.03. The van der Waals surface area contributed by atoms with Crippen molar-refractivity contribution in [1.29, 1.82) is 0 Å².